The summed E-state index contributed by atoms with van der Waals surface area (Å²) in [4.78, 5) is 45.7. The molecule has 1 aliphatic rings. The standard InChI is InChI=1S/C28H35BrN6O4S2/c1-15-13-16(9-11-34(15)25(36)38-27(2,3)4)33(8)24-32-23-22(41-24)31-21(40-23)19-20-17(18(29)14-30-19)10-12-35(20)26(37)39-28(5,6)7/h10,12,14-16H,9,11,13H2,1-8H3/t15-,16-/m0/s1. The van der Waals surface area contributed by atoms with Crippen molar-refractivity contribution in [3.8, 4) is 10.7 Å². The van der Waals surface area contributed by atoms with Gasteiger partial charge >= 0.3 is 12.2 Å². The van der Waals surface area contributed by atoms with Crippen LogP contribution in [-0.2, 0) is 9.47 Å². The normalized spacial score (nSPS) is 18.2. The number of pyridine rings is 1. The number of ether oxygens (including phenoxy) is 2. The molecule has 4 aromatic rings. The number of fused-ring (bicyclic) bond motifs is 2. The van der Waals surface area contributed by atoms with Crippen LogP contribution in [-0.4, -0.2) is 73.5 Å². The van der Waals surface area contributed by atoms with Gasteiger partial charge in [0.1, 0.15) is 21.9 Å². The molecule has 10 nitrogen and oxygen atoms in total. The highest BCUT2D eigenvalue weighted by Gasteiger charge is 2.34. The van der Waals surface area contributed by atoms with E-state index in [1.807, 2.05) is 52.5 Å². The van der Waals surface area contributed by atoms with Gasteiger partial charge in [-0.3, -0.25) is 9.55 Å². The second kappa shape index (κ2) is 10.8. The third-order valence-corrected chi connectivity index (χ3v) is 9.52. The second-order valence-electron chi connectivity index (χ2n) is 12.3. The van der Waals surface area contributed by atoms with Crippen LogP contribution in [0.15, 0.2) is 22.9 Å². The molecule has 0 saturated carbocycles. The average molecular weight is 664 g/mol. The van der Waals surface area contributed by atoms with Gasteiger partial charge in [-0.1, -0.05) is 22.7 Å². The van der Waals surface area contributed by atoms with Crippen molar-refractivity contribution in [2.45, 2.75) is 84.6 Å². The van der Waals surface area contributed by atoms with Gasteiger partial charge in [-0.15, -0.1) is 0 Å². The van der Waals surface area contributed by atoms with Crippen molar-refractivity contribution >= 4 is 76.5 Å². The Hall–Kier alpha value is -2.77. The van der Waals surface area contributed by atoms with Gasteiger partial charge in [0, 0.05) is 47.9 Å². The van der Waals surface area contributed by atoms with Crippen LogP contribution in [0, 0.1) is 0 Å². The maximum absolute atomic E-state index is 13.0. The second-order valence-corrected chi connectivity index (χ2v) is 15.1. The van der Waals surface area contributed by atoms with Gasteiger partial charge < -0.3 is 19.3 Å². The number of carbonyl (C=O) groups excluding carboxylic acids is 2. The number of halogens is 1. The molecule has 0 aromatic carbocycles. The minimum atomic E-state index is -0.631. The fourth-order valence-corrected chi connectivity index (χ4v) is 7.36. The third-order valence-electron chi connectivity index (χ3n) is 6.76. The van der Waals surface area contributed by atoms with Crippen LogP contribution >= 0.6 is 38.6 Å². The molecular formula is C28H35BrN6O4S2. The topological polar surface area (TPSA) is 103 Å². The molecule has 1 fully saturated rings. The smallest absolute Gasteiger partial charge is 0.419 e. The molecule has 41 heavy (non-hydrogen) atoms. The number of piperidine rings is 1. The molecule has 4 aromatic heterocycles. The van der Waals surface area contributed by atoms with Crippen LogP contribution in [0.1, 0.15) is 61.3 Å². The maximum Gasteiger partial charge on any atom is 0.419 e. The number of hydrogen-bond donors (Lipinski definition) is 0. The number of rotatable bonds is 3. The minimum Gasteiger partial charge on any atom is -0.444 e. The largest absolute Gasteiger partial charge is 0.444 e. The number of thiazole rings is 2. The molecule has 5 rings (SSSR count). The van der Waals surface area contributed by atoms with Gasteiger partial charge in [0.2, 0.25) is 0 Å². The summed E-state index contributed by atoms with van der Waals surface area (Å²) in [5, 5.41) is 2.42. The first-order valence-electron chi connectivity index (χ1n) is 13.5. The van der Waals surface area contributed by atoms with Crippen LogP contribution in [0.5, 0.6) is 0 Å². The number of nitrogens with zero attached hydrogens (tertiary/aromatic N) is 6. The van der Waals surface area contributed by atoms with Crippen molar-refractivity contribution in [2.75, 3.05) is 18.5 Å². The zero-order valence-corrected chi connectivity index (χ0v) is 27.7. The molecule has 0 radical (unpaired) electrons. The lowest BCUT2D eigenvalue weighted by Gasteiger charge is -2.41. The Bertz CT molecular complexity index is 1580. The predicted molar refractivity (Wildman–Crippen MR) is 167 cm³/mol. The summed E-state index contributed by atoms with van der Waals surface area (Å²) >= 11 is 6.54. The lowest BCUT2D eigenvalue weighted by molar-refractivity contribution is 0.0104. The molecule has 13 heteroatoms. The first kappa shape index (κ1) is 29.7. The third kappa shape index (κ3) is 6.21. The predicted octanol–water partition coefficient (Wildman–Crippen LogP) is 7.54. The Morgan fingerprint density at radius 2 is 1.71 bits per heavy atom. The summed E-state index contributed by atoms with van der Waals surface area (Å²) in [6.45, 7) is 13.9. The highest BCUT2D eigenvalue weighted by molar-refractivity contribution is 9.10. The van der Waals surface area contributed by atoms with E-state index in [-0.39, 0.29) is 18.2 Å². The van der Waals surface area contributed by atoms with Crippen LogP contribution in [0.4, 0.5) is 14.7 Å². The van der Waals surface area contributed by atoms with E-state index in [0.29, 0.717) is 22.8 Å². The molecule has 0 N–H and O–H groups in total. The highest BCUT2D eigenvalue weighted by atomic mass is 79.9. The molecule has 0 aliphatic carbocycles. The van der Waals surface area contributed by atoms with Gasteiger partial charge in [-0.2, -0.15) is 0 Å². The van der Waals surface area contributed by atoms with Crippen molar-refractivity contribution in [3.05, 3.63) is 22.9 Å². The number of aromatic nitrogens is 4. The molecule has 220 valence electrons. The van der Waals surface area contributed by atoms with Crippen molar-refractivity contribution in [1.82, 2.24) is 24.4 Å². The first-order chi connectivity index (χ1) is 19.1. The van der Waals surface area contributed by atoms with Gasteiger partial charge in [0.15, 0.2) is 14.8 Å². The molecule has 5 heterocycles. The Kier molecular flexibility index (Phi) is 7.84. The monoisotopic (exact) mass is 662 g/mol. The van der Waals surface area contributed by atoms with E-state index in [0.717, 1.165) is 37.5 Å². The summed E-state index contributed by atoms with van der Waals surface area (Å²) in [5.41, 5.74) is 0.0953. The van der Waals surface area contributed by atoms with E-state index in [1.165, 1.54) is 27.2 Å². The molecule has 0 bridgehead atoms. The molecule has 1 saturated heterocycles. The van der Waals surface area contributed by atoms with Crippen LogP contribution in [0.25, 0.3) is 31.3 Å². The van der Waals surface area contributed by atoms with E-state index in [1.54, 1.807) is 12.4 Å². The lowest BCUT2D eigenvalue weighted by Crippen LogP contribution is -2.51. The van der Waals surface area contributed by atoms with Crippen molar-refractivity contribution in [2.24, 2.45) is 0 Å². The van der Waals surface area contributed by atoms with E-state index >= 15 is 0 Å². The fraction of sp³-hybridized carbons (Fsp3) is 0.536. The van der Waals surface area contributed by atoms with E-state index < -0.39 is 17.3 Å². The number of carbonyl (C=O) groups is 2. The van der Waals surface area contributed by atoms with Gasteiger partial charge in [-0.25, -0.2) is 19.6 Å². The van der Waals surface area contributed by atoms with Crippen molar-refractivity contribution < 1.29 is 19.1 Å². The molecule has 0 spiro atoms. The summed E-state index contributed by atoms with van der Waals surface area (Å²) in [6.07, 6.45) is 4.35. The quantitative estimate of drug-likeness (QED) is 0.222. The molecule has 2 atom stereocenters. The van der Waals surface area contributed by atoms with Crippen LogP contribution in [0.3, 0.4) is 0 Å². The fourth-order valence-electron chi connectivity index (χ4n) is 4.87. The number of anilines is 1. The Balaban J connectivity index is 1.37. The molecular weight excluding hydrogens is 628 g/mol. The Morgan fingerprint density at radius 3 is 2.34 bits per heavy atom. The van der Waals surface area contributed by atoms with Crippen molar-refractivity contribution in [3.63, 3.8) is 0 Å². The number of hydrogen-bond acceptors (Lipinski definition) is 10. The van der Waals surface area contributed by atoms with Crippen LogP contribution < -0.4 is 4.90 Å². The van der Waals surface area contributed by atoms with Gasteiger partial charge in [0.25, 0.3) is 0 Å². The maximum atomic E-state index is 13.0. The Labute approximate surface area is 255 Å². The summed E-state index contributed by atoms with van der Waals surface area (Å²) in [6, 6.07) is 2.17. The Morgan fingerprint density at radius 1 is 1.05 bits per heavy atom. The summed E-state index contributed by atoms with van der Waals surface area (Å²) in [7, 11) is 2.05. The van der Waals surface area contributed by atoms with Crippen LogP contribution in [0.2, 0.25) is 0 Å². The molecule has 0 unspecified atom stereocenters. The summed E-state index contributed by atoms with van der Waals surface area (Å²) < 4.78 is 13.5. The van der Waals surface area contributed by atoms with E-state index in [2.05, 4.69) is 39.8 Å². The van der Waals surface area contributed by atoms with E-state index in [4.69, 9.17) is 19.4 Å². The summed E-state index contributed by atoms with van der Waals surface area (Å²) in [5.74, 6) is 0. The molecule has 1 amide bonds. The first-order valence-corrected chi connectivity index (χ1v) is 15.9. The minimum absolute atomic E-state index is 0.0592. The molecule has 1 aliphatic heterocycles. The SMILES string of the molecule is C[C@H]1C[C@@H](N(C)c2nc3sc(-c4ncc(Br)c5ccn(C(=O)OC(C)(C)C)c45)nc3s2)CCN1C(=O)OC(C)(C)C. The number of amides is 1. The van der Waals surface area contributed by atoms with Crippen molar-refractivity contribution in [1.29, 1.82) is 0 Å². The number of likely N-dealkylation sites (tertiary alicyclic amines) is 1. The van der Waals surface area contributed by atoms with E-state index in [9.17, 15) is 9.59 Å². The average Bonchev–Trinajstić information content (AvgIpc) is 3.55. The highest BCUT2D eigenvalue weighted by Crippen LogP contribution is 2.40. The van der Waals surface area contributed by atoms with Gasteiger partial charge in [0.05, 0.1) is 5.52 Å². The zero-order chi connectivity index (χ0) is 29.9. The van der Waals surface area contributed by atoms with Gasteiger partial charge in [-0.05, 0) is 83.3 Å². The lowest BCUT2D eigenvalue weighted by atomic mass is 9.98. The zero-order valence-electron chi connectivity index (χ0n) is 24.5.